The van der Waals surface area contributed by atoms with Crippen LogP contribution in [0.4, 0.5) is 10.1 Å². The van der Waals surface area contributed by atoms with Crippen LogP contribution >= 0.6 is 15.9 Å². The summed E-state index contributed by atoms with van der Waals surface area (Å²) in [6.07, 6.45) is 4.06. The summed E-state index contributed by atoms with van der Waals surface area (Å²) in [6.45, 7) is -0.483. The molecule has 1 aliphatic rings. The zero-order chi connectivity index (χ0) is 31.8. The Morgan fingerprint density at radius 1 is 0.822 bits per heavy atom. The van der Waals surface area contributed by atoms with Crippen LogP contribution in [0.15, 0.2) is 119 Å². The van der Waals surface area contributed by atoms with Gasteiger partial charge in [-0.05, 0) is 72.5 Å². The van der Waals surface area contributed by atoms with Gasteiger partial charge in [-0.15, -0.1) is 0 Å². The number of rotatable bonds is 12. The van der Waals surface area contributed by atoms with Gasteiger partial charge in [-0.3, -0.25) is 13.9 Å². The normalized spacial score (nSPS) is 14.1. The smallest absolute Gasteiger partial charge is 0.264 e. The first-order chi connectivity index (χ1) is 21.7. The van der Waals surface area contributed by atoms with Crippen LogP contribution in [0.5, 0.6) is 0 Å². The molecule has 1 atom stereocenters. The van der Waals surface area contributed by atoms with E-state index in [2.05, 4.69) is 21.2 Å². The van der Waals surface area contributed by atoms with Gasteiger partial charge in [0.05, 0.1) is 10.6 Å². The van der Waals surface area contributed by atoms with Gasteiger partial charge < -0.3 is 10.2 Å². The van der Waals surface area contributed by atoms with E-state index < -0.39 is 34.3 Å². The minimum atomic E-state index is -4.29. The first-order valence-electron chi connectivity index (χ1n) is 14.9. The third-order valence-corrected chi connectivity index (χ3v) is 10.3. The summed E-state index contributed by atoms with van der Waals surface area (Å²) in [4.78, 5) is 29.8. The van der Waals surface area contributed by atoms with E-state index in [4.69, 9.17) is 0 Å². The van der Waals surface area contributed by atoms with Crippen molar-refractivity contribution < 1.29 is 22.4 Å². The van der Waals surface area contributed by atoms with Gasteiger partial charge >= 0.3 is 0 Å². The summed E-state index contributed by atoms with van der Waals surface area (Å²) >= 11 is 3.45. The molecule has 1 N–H and O–H groups in total. The third kappa shape index (κ3) is 8.38. The molecule has 0 spiro atoms. The van der Waals surface area contributed by atoms with Crippen LogP contribution < -0.4 is 9.62 Å². The molecule has 1 fully saturated rings. The Bertz CT molecular complexity index is 1680. The first kappa shape index (κ1) is 32.4. The maximum atomic E-state index is 14.5. The lowest BCUT2D eigenvalue weighted by molar-refractivity contribution is -0.140. The van der Waals surface area contributed by atoms with Crippen molar-refractivity contribution in [1.82, 2.24) is 10.2 Å². The minimum Gasteiger partial charge on any atom is -0.352 e. The molecule has 1 aliphatic carbocycles. The fourth-order valence-corrected chi connectivity index (χ4v) is 7.24. The molecule has 5 rings (SSSR count). The molecule has 1 saturated carbocycles. The Kier molecular flexibility index (Phi) is 10.7. The van der Waals surface area contributed by atoms with Crippen molar-refractivity contribution in [3.8, 4) is 0 Å². The molecule has 0 radical (unpaired) electrons. The van der Waals surface area contributed by atoms with Crippen LogP contribution in [-0.4, -0.2) is 43.8 Å². The molecule has 4 aromatic rings. The van der Waals surface area contributed by atoms with E-state index in [0.29, 0.717) is 0 Å². The highest BCUT2D eigenvalue weighted by Crippen LogP contribution is 2.26. The number of nitrogens with one attached hydrogen (secondary N) is 1. The van der Waals surface area contributed by atoms with E-state index in [1.54, 1.807) is 30.3 Å². The van der Waals surface area contributed by atoms with Crippen LogP contribution in [0, 0.1) is 5.82 Å². The molecule has 0 unspecified atom stereocenters. The van der Waals surface area contributed by atoms with E-state index in [0.717, 1.165) is 57.7 Å². The van der Waals surface area contributed by atoms with Crippen molar-refractivity contribution >= 4 is 43.5 Å². The SMILES string of the molecule is O=C(NC1CCCC1)[C@@H](Cc1ccccc1)N(Cc1ccc(Br)cc1)C(=O)CN(c1ccccc1)S(=O)(=O)c1ccc(F)cc1. The van der Waals surface area contributed by atoms with Gasteiger partial charge in [-0.25, -0.2) is 12.8 Å². The molecule has 4 aromatic carbocycles. The van der Waals surface area contributed by atoms with Crippen molar-refractivity contribution in [3.05, 3.63) is 131 Å². The number of carbonyl (C=O) groups excluding carboxylic acids is 2. The molecule has 2 amide bonds. The molecule has 0 saturated heterocycles. The van der Waals surface area contributed by atoms with Crippen LogP contribution in [0.25, 0.3) is 0 Å². The molecule has 0 bridgehead atoms. The average molecular weight is 693 g/mol. The Morgan fingerprint density at radius 2 is 1.42 bits per heavy atom. The van der Waals surface area contributed by atoms with Gasteiger partial charge in [-0.1, -0.05) is 89.4 Å². The van der Waals surface area contributed by atoms with E-state index >= 15 is 0 Å². The van der Waals surface area contributed by atoms with E-state index in [-0.39, 0.29) is 35.5 Å². The number of hydrogen-bond donors (Lipinski definition) is 1. The number of para-hydroxylation sites is 1. The number of hydrogen-bond acceptors (Lipinski definition) is 4. The topological polar surface area (TPSA) is 86.8 Å². The van der Waals surface area contributed by atoms with Crippen molar-refractivity contribution in [3.63, 3.8) is 0 Å². The molecule has 234 valence electrons. The quantitative estimate of drug-likeness (QED) is 0.184. The predicted octanol–water partition coefficient (Wildman–Crippen LogP) is 6.48. The Labute approximate surface area is 272 Å². The molecule has 7 nitrogen and oxygen atoms in total. The van der Waals surface area contributed by atoms with E-state index in [1.165, 1.54) is 17.0 Å². The second-order valence-electron chi connectivity index (χ2n) is 11.1. The summed E-state index contributed by atoms with van der Waals surface area (Å²) in [5.41, 5.74) is 1.93. The summed E-state index contributed by atoms with van der Waals surface area (Å²) in [7, 11) is -4.29. The molecular formula is C35H35BrFN3O4S. The third-order valence-electron chi connectivity index (χ3n) is 7.96. The van der Waals surface area contributed by atoms with Gasteiger partial charge in [0.2, 0.25) is 11.8 Å². The van der Waals surface area contributed by atoms with Crippen LogP contribution in [-0.2, 0) is 32.6 Å². The van der Waals surface area contributed by atoms with Gasteiger partial charge in [0.15, 0.2) is 0 Å². The van der Waals surface area contributed by atoms with Gasteiger partial charge in [0.25, 0.3) is 10.0 Å². The molecular weight excluding hydrogens is 657 g/mol. The molecule has 0 aromatic heterocycles. The summed E-state index contributed by atoms with van der Waals surface area (Å²) in [6, 6.07) is 28.8. The minimum absolute atomic E-state index is 0.0278. The maximum absolute atomic E-state index is 14.5. The van der Waals surface area contributed by atoms with Crippen molar-refractivity contribution in [1.29, 1.82) is 0 Å². The Morgan fingerprint density at radius 3 is 2.04 bits per heavy atom. The molecule has 0 heterocycles. The van der Waals surface area contributed by atoms with Crippen LogP contribution in [0.3, 0.4) is 0 Å². The van der Waals surface area contributed by atoms with Crippen molar-refractivity contribution in [2.45, 2.75) is 55.6 Å². The van der Waals surface area contributed by atoms with Gasteiger partial charge in [0, 0.05) is 23.5 Å². The fourth-order valence-electron chi connectivity index (χ4n) is 5.56. The predicted molar refractivity (Wildman–Crippen MR) is 176 cm³/mol. The second kappa shape index (κ2) is 14.8. The summed E-state index contributed by atoms with van der Waals surface area (Å²) in [5, 5.41) is 3.17. The number of nitrogens with zero attached hydrogens (tertiary/aromatic N) is 2. The van der Waals surface area contributed by atoms with Crippen LogP contribution in [0.1, 0.15) is 36.8 Å². The molecule has 0 aliphatic heterocycles. The average Bonchev–Trinajstić information content (AvgIpc) is 3.56. The van der Waals surface area contributed by atoms with Gasteiger partial charge in [-0.2, -0.15) is 0 Å². The largest absolute Gasteiger partial charge is 0.352 e. The number of benzene rings is 4. The highest BCUT2D eigenvalue weighted by molar-refractivity contribution is 9.10. The Balaban J connectivity index is 1.54. The lowest BCUT2D eigenvalue weighted by Gasteiger charge is -2.34. The lowest BCUT2D eigenvalue weighted by atomic mass is 10.0. The fraction of sp³-hybridized carbons (Fsp3) is 0.257. The maximum Gasteiger partial charge on any atom is 0.264 e. The Hall–Kier alpha value is -4.02. The number of sulfonamides is 1. The van der Waals surface area contributed by atoms with E-state index in [9.17, 15) is 22.4 Å². The number of anilines is 1. The van der Waals surface area contributed by atoms with Crippen molar-refractivity contribution in [2.24, 2.45) is 0 Å². The number of amides is 2. The van der Waals surface area contributed by atoms with Crippen molar-refractivity contribution in [2.75, 3.05) is 10.8 Å². The standard InChI is InChI=1S/C35H35BrFN3O4S/c36-28-17-15-27(16-18-28)24-39(33(23-26-9-3-1-4-10-26)35(42)38-30-11-7-8-12-30)34(41)25-40(31-13-5-2-6-14-31)45(43,44)32-21-19-29(37)20-22-32/h1-6,9-10,13-22,30,33H,7-8,11-12,23-25H2,(H,38,42)/t33-/m1/s1. The zero-order valence-electron chi connectivity index (χ0n) is 24.7. The monoisotopic (exact) mass is 691 g/mol. The lowest BCUT2D eigenvalue weighted by Crippen LogP contribution is -2.54. The first-order valence-corrected chi connectivity index (χ1v) is 17.2. The van der Waals surface area contributed by atoms with Crippen LogP contribution in [0.2, 0.25) is 0 Å². The highest BCUT2D eigenvalue weighted by Gasteiger charge is 2.35. The highest BCUT2D eigenvalue weighted by atomic mass is 79.9. The van der Waals surface area contributed by atoms with E-state index in [1.807, 2.05) is 54.6 Å². The summed E-state index contributed by atoms with van der Waals surface area (Å²) < 4.78 is 43.6. The summed E-state index contributed by atoms with van der Waals surface area (Å²) in [5.74, 6) is -1.40. The van der Waals surface area contributed by atoms with Gasteiger partial charge in [0.1, 0.15) is 18.4 Å². The zero-order valence-corrected chi connectivity index (χ0v) is 27.1. The molecule has 10 heteroatoms. The molecule has 45 heavy (non-hydrogen) atoms. The number of halogens is 2. The number of carbonyl (C=O) groups is 2. The second-order valence-corrected chi connectivity index (χ2v) is 13.9.